The quantitative estimate of drug-likeness (QED) is 0.0816. The third-order valence-electron chi connectivity index (χ3n) is 11.6. The number of hydrogen-bond acceptors (Lipinski definition) is 11. The van der Waals surface area contributed by atoms with Gasteiger partial charge >= 0.3 is 5.51 Å². The Morgan fingerprint density at radius 1 is 0.844 bits per heavy atom. The lowest BCUT2D eigenvalue weighted by Gasteiger charge is -2.36. The number of carbonyl (C=O) groups is 1. The number of sulfonamides is 1. The number of nitrogens with zero attached hydrogens (tertiary/aromatic N) is 2. The molecule has 0 bridgehead atoms. The number of hydrogen-bond donors (Lipinski definition) is 3. The second-order valence-electron chi connectivity index (χ2n) is 15.7. The summed E-state index contributed by atoms with van der Waals surface area (Å²) < 4.78 is 103. The minimum absolute atomic E-state index is 0.0245. The van der Waals surface area contributed by atoms with Crippen LogP contribution in [-0.2, 0) is 24.6 Å². The van der Waals surface area contributed by atoms with E-state index in [1.165, 1.54) is 23.9 Å². The summed E-state index contributed by atoms with van der Waals surface area (Å²) in [7, 11) is -10.9. The Kier molecular flexibility index (Phi) is 15.3. The first kappa shape index (κ1) is 47.3. The van der Waals surface area contributed by atoms with Crippen LogP contribution in [0.4, 0.5) is 24.5 Å². The van der Waals surface area contributed by atoms with E-state index >= 15 is 0 Å². The van der Waals surface area contributed by atoms with E-state index < -0.39 is 52.8 Å². The molecule has 7 rings (SSSR count). The number of amides is 1. The van der Waals surface area contributed by atoms with E-state index in [9.17, 15) is 34.8 Å². The monoisotopic (exact) mass is 955 g/mol. The number of anilines is 2. The van der Waals surface area contributed by atoms with Gasteiger partial charge in [0.05, 0.1) is 23.8 Å². The normalized spacial score (nSPS) is 16.5. The predicted octanol–water partition coefficient (Wildman–Crippen LogP) is 8.63. The molecule has 2 fully saturated rings. The maximum atomic E-state index is 14.2. The molecule has 0 aliphatic carbocycles. The number of benzene rings is 5. The Bertz CT molecular complexity index is 2590. The molecule has 0 saturated carbocycles. The van der Waals surface area contributed by atoms with Gasteiger partial charge < -0.3 is 20.7 Å². The Hall–Kier alpha value is -4.62. The van der Waals surface area contributed by atoms with Crippen molar-refractivity contribution in [2.45, 2.75) is 51.5 Å². The smallest absolute Gasteiger partial charge is 0.380 e. The summed E-state index contributed by atoms with van der Waals surface area (Å²) in [5.41, 5.74) is 4.65. The zero-order valence-corrected chi connectivity index (χ0v) is 37.9. The van der Waals surface area contributed by atoms with Gasteiger partial charge in [-0.25, -0.2) is 21.6 Å². The molecular weight excluding hydrogens is 907 g/mol. The Morgan fingerprint density at radius 2 is 1.50 bits per heavy atom. The molecule has 0 spiro atoms. The van der Waals surface area contributed by atoms with Gasteiger partial charge in [0.2, 0.25) is 0 Å². The number of morpholine rings is 1. The number of ether oxygens (including phenoxy) is 1. The molecule has 2 aliphatic heterocycles. The van der Waals surface area contributed by atoms with Crippen LogP contribution in [0.15, 0.2) is 136 Å². The summed E-state index contributed by atoms with van der Waals surface area (Å²) >= 11 is 7.57. The fraction of sp³-hybridized carbons (Fsp3) is 0.326. The minimum atomic E-state index is -6.06. The predicted molar refractivity (Wildman–Crippen MR) is 246 cm³/mol. The van der Waals surface area contributed by atoms with Gasteiger partial charge in [0, 0.05) is 71.7 Å². The summed E-state index contributed by atoms with van der Waals surface area (Å²) in [6.07, 6.45) is 2.05. The van der Waals surface area contributed by atoms with Crippen molar-refractivity contribution in [3.8, 4) is 11.1 Å². The van der Waals surface area contributed by atoms with Crippen molar-refractivity contribution in [2.24, 2.45) is 11.7 Å². The van der Waals surface area contributed by atoms with Crippen molar-refractivity contribution in [3.63, 3.8) is 0 Å². The highest BCUT2D eigenvalue weighted by Crippen LogP contribution is 2.38. The van der Waals surface area contributed by atoms with Gasteiger partial charge in [0.25, 0.3) is 25.8 Å². The van der Waals surface area contributed by atoms with E-state index in [2.05, 4.69) is 27.2 Å². The standard InChI is InChI=1S/C46H49ClF3N5O6S3/c47-35-14-10-32(11-15-35)40-8-4-5-9-41(40)44(51)33-20-24-55(25-21-33)37-16-12-34(13-17-37)45(56)53-64(59,60)39-18-19-42(43(30-39)63(57,58)46(48,49)50)52-36(22-23-54-26-28-61-29-27-54)31-62-38-6-2-1-3-7-38/h1-19,30,33,36,44,52H,20-29,31,51H2,(H,53,56)/t36-,44-/m0/s1. The lowest BCUT2D eigenvalue weighted by Crippen LogP contribution is -2.39. The number of halogens is 4. The van der Waals surface area contributed by atoms with Crippen LogP contribution in [-0.4, -0.2) is 90.9 Å². The zero-order chi connectivity index (χ0) is 45.5. The number of piperidine rings is 1. The molecule has 64 heavy (non-hydrogen) atoms. The van der Waals surface area contributed by atoms with Crippen LogP contribution in [0.3, 0.4) is 0 Å². The fourth-order valence-electron chi connectivity index (χ4n) is 7.94. The van der Waals surface area contributed by atoms with Gasteiger partial charge in [0.15, 0.2) is 0 Å². The average molecular weight is 957 g/mol. The Morgan fingerprint density at radius 3 is 2.17 bits per heavy atom. The third-order valence-corrected chi connectivity index (χ3v) is 15.8. The van der Waals surface area contributed by atoms with Crippen LogP contribution in [0.2, 0.25) is 5.02 Å². The number of nitrogens with two attached hydrogens (primary N) is 1. The fourth-order valence-corrected chi connectivity index (χ4v) is 11.1. The van der Waals surface area contributed by atoms with Crippen LogP contribution in [0, 0.1) is 5.92 Å². The van der Waals surface area contributed by atoms with Crippen LogP contribution in [0.5, 0.6) is 0 Å². The molecule has 0 aromatic heterocycles. The number of sulfone groups is 1. The van der Waals surface area contributed by atoms with E-state index in [-0.39, 0.29) is 17.5 Å². The minimum Gasteiger partial charge on any atom is -0.380 e. The van der Waals surface area contributed by atoms with Crippen LogP contribution in [0.1, 0.15) is 41.2 Å². The summed E-state index contributed by atoms with van der Waals surface area (Å²) in [5.74, 6) is -0.474. The Labute approximate surface area is 381 Å². The zero-order valence-electron chi connectivity index (χ0n) is 34.7. The molecule has 340 valence electrons. The molecule has 2 saturated heterocycles. The van der Waals surface area contributed by atoms with Crippen molar-refractivity contribution in [1.29, 1.82) is 0 Å². The summed E-state index contributed by atoms with van der Waals surface area (Å²) in [6.45, 7) is 4.38. The lowest BCUT2D eigenvalue weighted by atomic mass is 9.83. The lowest BCUT2D eigenvalue weighted by molar-refractivity contribution is -0.0435. The van der Waals surface area contributed by atoms with Crippen LogP contribution >= 0.6 is 23.4 Å². The second-order valence-corrected chi connectivity index (χ2v) is 20.9. The van der Waals surface area contributed by atoms with E-state index in [0.717, 1.165) is 52.2 Å². The highest BCUT2D eigenvalue weighted by Gasteiger charge is 2.48. The van der Waals surface area contributed by atoms with Gasteiger partial charge in [-0.05, 0) is 109 Å². The molecule has 2 atom stereocenters. The van der Waals surface area contributed by atoms with Crippen molar-refractivity contribution in [2.75, 3.05) is 61.9 Å². The van der Waals surface area contributed by atoms with E-state index in [1.807, 2.05) is 71.5 Å². The number of rotatable bonds is 16. The topological polar surface area (TPSA) is 151 Å². The maximum Gasteiger partial charge on any atom is 0.501 e. The summed E-state index contributed by atoms with van der Waals surface area (Å²) in [5, 5.41) is 3.64. The first-order valence-corrected chi connectivity index (χ1v) is 25.1. The molecule has 0 radical (unpaired) electrons. The van der Waals surface area contributed by atoms with Crippen LogP contribution < -0.4 is 20.7 Å². The molecule has 5 aromatic carbocycles. The second kappa shape index (κ2) is 20.7. The number of nitrogens with one attached hydrogen (secondary N) is 2. The molecule has 2 heterocycles. The maximum absolute atomic E-state index is 14.2. The summed E-state index contributed by atoms with van der Waals surface area (Å²) in [4.78, 5) is 16.4. The molecule has 11 nitrogen and oxygen atoms in total. The molecule has 1 amide bonds. The van der Waals surface area contributed by atoms with Crippen molar-refractivity contribution in [1.82, 2.24) is 9.62 Å². The van der Waals surface area contributed by atoms with Gasteiger partial charge in [0.1, 0.15) is 4.90 Å². The summed E-state index contributed by atoms with van der Waals surface area (Å²) in [6, 6.07) is 33.1. The number of alkyl halides is 3. The number of carbonyl (C=O) groups excluding carboxylic acids is 1. The molecular formula is C46H49ClF3N5O6S3. The molecule has 2 aliphatic rings. The van der Waals surface area contributed by atoms with Crippen molar-refractivity contribution < 1.29 is 39.5 Å². The molecule has 4 N–H and O–H groups in total. The third kappa shape index (κ3) is 11.6. The number of thioether (sulfide) groups is 1. The van der Waals surface area contributed by atoms with E-state index in [0.29, 0.717) is 69.2 Å². The van der Waals surface area contributed by atoms with Crippen molar-refractivity contribution >= 4 is 60.5 Å². The van der Waals surface area contributed by atoms with E-state index in [4.69, 9.17) is 22.1 Å². The van der Waals surface area contributed by atoms with Gasteiger partial charge in [-0.2, -0.15) is 13.2 Å². The highest BCUT2D eigenvalue weighted by molar-refractivity contribution is 7.99. The first-order valence-electron chi connectivity index (χ1n) is 20.8. The van der Waals surface area contributed by atoms with Crippen molar-refractivity contribution in [3.05, 3.63) is 137 Å². The SMILES string of the molecule is N[C@H](c1ccccc1-c1ccc(Cl)cc1)C1CCN(c2ccc(C(=O)NS(=O)(=O)c3ccc(N[C@@H](CCN4CCOCC4)CSc4ccccc4)c(S(=O)(=O)C(F)(F)F)c3)cc2)CC1. The van der Waals surface area contributed by atoms with Gasteiger partial charge in [-0.3, -0.25) is 9.69 Å². The highest BCUT2D eigenvalue weighted by atomic mass is 35.5. The molecule has 5 aromatic rings. The first-order chi connectivity index (χ1) is 30.6. The molecule has 0 unspecified atom stereocenters. The van der Waals surface area contributed by atoms with Gasteiger partial charge in [-0.15, -0.1) is 11.8 Å². The van der Waals surface area contributed by atoms with Gasteiger partial charge in [-0.1, -0.05) is 66.2 Å². The molecule has 18 heteroatoms. The van der Waals surface area contributed by atoms with E-state index in [1.54, 1.807) is 12.1 Å². The largest absolute Gasteiger partial charge is 0.501 e. The Balaban J connectivity index is 1.02. The van der Waals surface area contributed by atoms with Crippen LogP contribution in [0.25, 0.3) is 11.1 Å². The average Bonchev–Trinajstić information content (AvgIpc) is 3.30.